The van der Waals surface area contributed by atoms with Gasteiger partial charge in [0.2, 0.25) is 5.88 Å². The number of aliphatic imine (C=N–C) groups is 1. The van der Waals surface area contributed by atoms with Crippen molar-refractivity contribution in [3.05, 3.63) is 41.9 Å². The highest BCUT2D eigenvalue weighted by Gasteiger charge is 2.25. The number of aromatic nitrogens is 3. The fourth-order valence-corrected chi connectivity index (χ4v) is 2.99. The minimum absolute atomic E-state index is 0.000123. The summed E-state index contributed by atoms with van der Waals surface area (Å²) < 4.78 is 13.3. The molecule has 0 spiro atoms. The molecule has 1 aliphatic rings. The van der Waals surface area contributed by atoms with Crippen molar-refractivity contribution >= 4 is 5.96 Å². The van der Waals surface area contributed by atoms with E-state index in [2.05, 4.69) is 25.3 Å². The van der Waals surface area contributed by atoms with Crippen LogP contribution < -0.4 is 10.1 Å². The zero-order valence-electron chi connectivity index (χ0n) is 16.4. The van der Waals surface area contributed by atoms with Crippen molar-refractivity contribution in [1.82, 2.24) is 25.0 Å². The Morgan fingerprint density at radius 2 is 2.26 bits per heavy atom. The van der Waals surface area contributed by atoms with Crippen LogP contribution in [0.4, 0.5) is 0 Å². The van der Waals surface area contributed by atoms with E-state index in [0.717, 1.165) is 30.2 Å². The van der Waals surface area contributed by atoms with Gasteiger partial charge in [0.25, 0.3) is 0 Å². The fourth-order valence-electron chi connectivity index (χ4n) is 2.99. The molecule has 146 valence electrons. The lowest BCUT2D eigenvalue weighted by Gasteiger charge is -2.34. The highest BCUT2D eigenvalue weighted by Crippen LogP contribution is 2.21. The van der Waals surface area contributed by atoms with Crippen molar-refractivity contribution in [3.63, 3.8) is 0 Å². The van der Waals surface area contributed by atoms with Crippen LogP contribution >= 0.6 is 0 Å². The van der Waals surface area contributed by atoms with Crippen LogP contribution in [0.1, 0.15) is 31.1 Å². The Balaban J connectivity index is 1.57. The van der Waals surface area contributed by atoms with Crippen LogP contribution in [0.5, 0.6) is 5.88 Å². The number of guanidine groups is 1. The molecule has 0 radical (unpaired) electrons. The molecule has 8 heteroatoms. The minimum atomic E-state index is 0.000123. The predicted octanol–water partition coefficient (Wildman–Crippen LogP) is 1.75. The smallest absolute Gasteiger partial charge is 0.213 e. The van der Waals surface area contributed by atoms with E-state index in [9.17, 15) is 0 Å². The zero-order chi connectivity index (χ0) is 19.2. The molecule has 0 aliphatic carbocycles. The predicted molar refractivity (Wildman–Crippen MR) is 104 cm³/mol. The molecule has 0 amide bonds. The SMILES string of the molecule is CN=C(NCc1ccc(OC(C)C)nc1)N1CCOC(c2cnn(C)c2)C1. The molecule has 2 aromatic heterocycles. The van der Waals surface area contributed by atoms with Crippen LogP contribution in [0.25, 0.3) is 0 Å². The first kappa shape index (κ1) is 19.2. The van der Waals surface area contributed by atoms with E-state index in [4.69, 9.17) is 9.47 Å². The second kappa shape index (κ2) is 8.85. The van der Waals surface area contributed by atoms with Crippen LogP contribution in [-0.2, 0) is 18.3 Å². The number of hydrogen-bond donors (Lipinski definition) is 1. The van der Waals surface area contributed by atoms with Crippen LogP contribution in [0.2, 0.25) is 0 Å². The van der Waals surface area contributed by atoms with Gasteiger partial charge in [0.15, 0.2) is 5.96 Å². The second-order valence-electron chi connectivity index (χ2n) is 6.82. The van der Waals surface area contributed by atoms with Gasteiger partial charge < -0.3 is 19.7 Å². The molecule has 1 saturated heterocycles. The van der Waals surface area contributed by atoms with Gasteiger partial charge in [-0.1, -0.05) is 6.07 Å². The molecule has 27 heavy (non-hydrogen) atoms. The van der Waals surface area contributed by atoms with Crippen molar-refractivity contribution in [2.45, 2.75) is 32.6 Å². The van der Waals surface area contributed by atoms with E-state index in [-0.39, 0.29) is 12.2 Å². The van der Waals surface area contributed by atoms with E-state index < -0.39 is 0 Å². The van der Waals surface area contributed by atoms with Crippen LogP contribution in [0, 0.1) is 0 Å². The summed E-state index contributed by atoms with van der Waals surface area (Å²) in [6.07, 6.45) is 5.80. The highest BCUT2D eigenvalue weighted by molar-refractivity contribution is 5.80. The van der Waals surface area contributed by atoms with Crippen LogP contribution in [0.3, 0.4) is 0 Å². The maximum atomic E-state index is 5.91. The summed E-state index contributed by atoms with van der Waals surface area (Å²) >= 11 is 0. The number of morpholine rings is 1. The number of pyridine rings is 1. The van der Waals surface area contributed by atoms with E-state index in [0.29, 0.717) is 19.0 Å². The topological polar surface area (TPSA) is 76.8 Å². The molecule has 0 saturated carbocycles. The molecule has 8 nitrogen and oxygen atoms in total. The molecule has 1 atom stereocenters. The number of hydrogen-bond acceptors (Lipinski definition) is 5. The Labute approximate surface area is 160 Å². The molecular formula is C19H28N6O2. The van der Waals surface area contributed by atoms with Crippen molar-refractivity contribution in [2.24, 2.45) is 12.0 Å². The molecule has 1 N–H and O–H groups in total. The summed E-state index contributed by atoms with van der Waals surface area (Å²) in [6.45, 7) is 6.82. The quantitative estimate of drug-likeness (QED) is 0.637. The Morgan fingerprint density at radius 3 is 2.89 bits per heavy atom. The maximum Gasteiger partial charge on any atom is 0.213 e. The number of ether oxygens (including phenoxy) is 2. The third-order valence-electron chi connectivity index (χ3n) is 4.28. The van der Waals surface area contributed by atoms with Gasteiger partial charge in [0.05, 0.1) is 25.5 Å². The molecular weight excluding hydrogens is 344 g/mol. The summed E-state index contributed by atoms with van der Waals surface area (Å²) in [5.41, 5.74) is 2.16. The zero-order valence-corrected chi connectivity index (χ0v) is 16.4. The first-order valence-corrected chi connectivity index (χ1v) is 9.22. The standard InChI is InChI=1S/C19H28N6O2/c1-14(2)27-18-6-5-15(9-21-18)10-22-19(20-3)25-7-8-26-17(13-25)16-11-23-24(4)12-16/h5-6,9,11-12,14,17H,7-8,10,13H2,1-4H3,(H,20,22). The summed E-state index contributed by atoms with van der Waals surface area (Å²) in [5, 5.41) is 7.65. The van der Waals surface area contributed by atoms with Gasteiger partial charge in [-0.3, -0.25) is 9.67 Å². The van der Waals surface area contributed by atoms with E-state index in [1.807, 2.05) is 51.6 Å². The summed E-state index contributed by atoms with van der Waals surface area (Å²) in [5.74, 6) is 1.50. The first-order valence-electron chi connectivity index (χ1n) is 9.22. The Kier molecular flexibility index (Phi) is 6.28. The lowest BCUT2D eigenvalue weighted by atomic mass is 10.1. The van der Waals surface area contributed by atoms with E-state index in [1.54, 1.807) is 11.7 Å². The largest absolute Gasteiger partial charge is 0.475 e. The third-order valence-corrected chi connectivity index (χ3v) is 4.28. The molecule has 3 rings (SSSR count). The average Bonchev–Trinajstić information content (AvgIpc) is 3.10. The lowest BCUT2D eigenvalue weighted by molar-refractivity contribution is -0.00805. The van der Waals surface area contributed by atoms with Gasteiger partial charge in [0, 0.05) is 51.2 Å². The Hall–Kier alpha value is -2.61. The fraction of sp³-hybridized carbons (Fsp3) is 0.526. The Morgan fingerprint density at radius 1 is 1.41 bits per heavy atom. The molecule has 1 fully saturated rings. The molecule has 0 aromatic carbocycles. The summed E-state index contributed by atoms with van der Waals surface area (Å²) in [6, 6.07) is 3.91. The third kappa shape index (κ3) is 5.19. The van der Waals surface area contributed by atoms with Crippen molar-refractivity contribution in [1.29, 1.82) is 0 Å². The maximum absolute atomic E-state index is 5.91. The summed E-state index contributed by atoms with van der Waals surface area (Å²) in [4.78, 5) is 11.0. The van der Waals surface area contributed by atoms with Crippen LogP contribution in [0.15, 0.2) is 35.7 Å². The molecule has 1 unspecified atom stereocenters. The van der Waals surface area contributed by atoms with Gasteiger partial charge in [-0.2, -0.15) is 5.10 Å². The molecule has 0 bridgehead atoms. The second-order valence-corrected chi connectivity index (χ2v) is 6.82. The van der Waals surface area contributed by atoms with Crippen molar-refractivity contribution in [2.75, 3.05) is 26.7 Å². The van der Waals surface area contributed by atoms with Gasteiger partial charge in [-0.25, -0.2) is 4.98 Å². The highest BCUT2D eigenvalue weighted by atomic mass is 16.5. The monoisotopic (exact) mass is 372 g/mol. The summed E-state index contributed by atoms with van der Waals surface area (Å²) in [7, 11) is 3.71. The number of nitrogens with zero attached hydrogens (tertiary/aromatic N) is 5. The van der Waals surface area contributed by atoms with Crippen molar-refractivity contribution in [3.8, 4) is 5.88 Å². The van der Waals surface area contributed by atoms with E-state index in [1.165, 1.54) is 0 Å². The molecule has 2 aromatic rings. The molecule has 1 aliphatic heterocycles. The first-order chi connectivity index (χ1) is 13.0. The van der Waals surface area contributed by atoms with E-state index >= 15 is 0 Å². The van der Waals surface area contributed by atoms with Gasteiger partial charge in [-0.15, -0.1) is 0 Å². The lowest BCUT2D eigenvalue weighted by Crippen LogP contribution is -2.47. The number of aryl methyl sites for hydroxylation is 1. The van der Waals surface area contributed by atoms with Gasteiger partial charge in [-0.05, 0) is 19.4 Å². The number of nitrogens with one attached hydrogen (secondary N) is 1. The Bertz CT molecular complexity index is 756. The molecule has 3 heterocycles. The normalized spacial score (nSPS) is 18.0. The average molecular weight is 372 g/mol. The number of rotatable bonds is 5. The van der Waals surface area contributed by atoms with Crippen LogP contribution in [-0.4, -0.2) is 58.5 Å². The van der Waals surface area contributed by atoms with Gasteiger partial charge in [0.1, 0.15) is 6.10 Å². The van der Waals surface area contributed by atoms with Crippen molar-refractivity contribution < 1.29 is 9.47 Å². The minimum Gasteiger partial charge on any atom is -0.475 e. The van der Waals surface area contributed by atoms with Gasteiger partial charge >= 0.3 is 0 Å².